The Morgan fingerprint density at radius 2 is 1.94 bits per heavy atom. The van der Waals surface area contributed by atoms with Crippen molar-refractivity contribution in [3.05, 3.63) is 59.4 Å². The van der Waals surface area contributed by atoms with E-state index in [0.29, 0.717) is 0 Å². The quantitative estimate of drug-likeness (QED) is 0.777. The molecule has 2 rings (SSSR count). The monoisotopic (exact) mass is 213 g/mol. The highest BCUT2D eigenvalue weighted by Gasteiger charge is 2.13. The number of aromatic amines is 1. The molecule has 2 heteroatoms. The molecule has 2 aromatic rings. The van der Waals surface area contributed by atoms with E-state index in [1.54, 1.807) is 0 Å². The number of H-pyrrole nitrogens is 1. The molecule has 0 spiro atoms. The summed E-state index contributed by atoms with van der Waals surface area (Å²) in [6.45, 7) is 2.11. The average Bonchev–Trinajstić information content (AvgIpc) is 2.78. The van der Waals surface area contributed by atoms with Gasteiger partial charge in [-0.1, -0.05) is 43.7 Å². The molecule has 1 aromatic carbocycles. The van der Waals surface area contributed by atoms with Crippen LogP contribution in [0.5, 0.6) is 0 Å². The molecule has 0 aliphatic heterocycles. The fourth-order valence-electron chi connectivity index (χ4n) is 1.82. The molecule has 0 fully saturated rings. The summed E-state index contributed by atoms with van der Waals surface area (Å²) in [5, 5.41) is 0. The molecule has 0 bridgehead atoms. The maximum Gasteiger partial charge on any atom is 0.209 e. The topological polar surface area (TPSA) is 32.9 Å². The number of aromatic nitrogens is 1. The van der Waals surface area contributed by atoms with Gasteiger partial charge in [-0.05, 0) is 18.1 Å². The number of carbonyl (C=O) groups excluding carboxylic acids is 1. The average molecular weight is 213 g/mol. The van der Waals surface area contributed by atoms with Crippen LogP contribution in [0.2, 0.25) is 0 Å². The second kappa shape index (κ2) is 4.79. The Kier molecular flexibility index (Phi) is 3.20. The minimum Gasteiger partial charge on any atom is -0.358 e. The van der Waals surface area contributed by atoms with E-state index in [4.69, 9.17) is 0 Å². The van der Waals surface area contributed by atoms with Gasteiger partial charge in [0.25, 0.3) is 0 Å². The van der Waals surface area contributed by atoms with Crippen molar-refractivity contribution in [2.45, 2.75) is 19.8 Å². The molecule has 0 unspecified atom stereocenters. The van der Waals surface area contributed by atoms with Crippen LogP contribution in [0.15, 0.2) is 42.6 Å². The second-order valence-corrected chi connectivity index (χ2v) is 3.82. The summed E-state index contributed by atoms with van der Waals surface area (Å²) < 4.78 is 0. The van der Waals surface area contributed by atoms with E-state index in [1.807, 2.05) is 42.6 Å². The lowest BCUT2D eigenvalue weighted by molar-refractivity contribution is 0.103. The van der Waals surface area contributed by atoms with Crippen LogP contribution in [-0.2, 0) is 6.42 Å². The van der Waals surface area contributed by atoms with E-state index in [-0.39, 0.29) is 5.78 Å². The largest absolute Gasteiger partial charge is 0.358 e. The highest BCUT2D eigenvalue weighted by molar-refractivity contribution is 6.08. The summed E-state index contributed by atoms with van der Waals surface area (Å²) in [5.41, 5.74) is 2.58. The normalized spacial score (nSPS) is 10.3. The summed E-state index contributed by atoms with van der Waals surface area (Å²) in [5.74, 6) is 0.0778. The molecule has 2 nitrogen and oxygen atoms in total. The summed E-state index contributed by atoms with van der Waals surface area (Å²) in [4.78, 5) is 15.2. The van der Waals surface area contributed by atoms with Crippen LogP contribution < -0.4 is 0 Å². The molecule has 1 N–H and O–H groups in total. The van der Waals surface area contributed by atoms with E-state index in [1.165, 1.54) is 0 Å². The highest BCUT2D eigenvalue weighted by atomic mass is 16.1. The van der Waals surface area contributed by atoms with Gasteiger partial charge in [0.2, 0.25) is 5.78 Å². The van der Waals surface area contributed by atoms with Crippen LogP contribution >= 0.6 is 0 Å². The van der Waals surface area contributed by atoms with Gasteiger partial charge in [0.05, 0.1) is 5.69 Å². The number of aryl methyl sites for hydroxylation is 1. The fourth-order valence-corrected chi connectivity index (χ4v) is 1.82. The Morgan fingerprint density at radius 1 is 1.19 bits per heavy atom. The van der Waals surface area contributed by atoms with Gasteiger partial charge in [-0.2, -0.15) is 0 Å². The number of ketones is 1. The minimum atomic E-state index is 0.0778. The van der Waals surface area contributed by atoms with Gasteiger partial charge in [-0.25, -0.2) is 0 Å². The van der Waals surface area contributed by atoms with E-state index in [0.717, 1.165) is 29.7 Å². The van der Waals surface area contributed by atoms with Gasteiger partial charge in [0.15, 0.2) is 0 Å². The van der Waals surface area contributed by atoms with Gasteiger partial charge < -0.3 is 4.98 Å². The van der Waals surface area contributed by atoms with Crippen LogP contribution in [0.1, 0.15) is 35.0 Å². The molecule has 0 amide bonds. The van der Waals surface area contributed by atoms with E-state index >= 15 is 0 Å². The zero-order chi connectivity index (χ0) is 11.4. The first-order chi connectivity index (χ1) is 7.83. The van der Waals surface area contributed by atoms with Crippen molar-refractivity contribution >= 4 is 5.78 Å². The molecular formula is C14H15NO. The van der Waals surface area contributed by atoms with Crippen molar-refractivity contribution in [2.75, 3.05) is 0 Å². The van der Waals surface area contributed by atoms with Crippen LogP contribution in [0.4, 0.5) is 0 Å². The SMILES string of the molecule is CCCc1cc[nH]c1C(=O)c1ccccc1. The zero-order valence-corrected chi connectivity index (χ0v) is 9.36. The predicted octanol–water partition coefficient (Wildman–Crippen LogP) is 3.20. The van der Waals surface area contributed by atoms with Crippen LogP contribution in [0.25, 0.3) is 0 Å². The first-order valence-electron chi connectivity index (χ1n) is 5.59. The molecule has 82 valence electrons. The Hall–Kier alpha value is -1.83. The molecule has 0 radical (unpaired) electrons. The molecule has 0 saturated heterocycles. The number of benzene rings is 1. The van der Waals surface area contributed by atoms with Crippen molar-refractivity contribution in [3.8, 4) is 0 Å². The van der Waals surface area contributed by atoms with Crippen LogP contribution in [-0.4, -0.2) is 10.8 Å². The van der Waals surface area contributed by atoms with Gasteiger partial charge >= 0.3 is 0 Å². The molecule has 16 heavy (non-hydrogen) atoms. The smallest absolute Gasteiger partial charge is 0.209 e. The Morgan fingerprint density at radius 3 is 2.62 bits per heavy atom. The Bertz CT molecular complexity index is 470. The highest BCUT2D eigenvalue weighted by Crippen LogP contribution is 2.14. The van der Waals surface area contributed by atoms with Gasteiger partial charge in [0, 0.05) is 11.8 Å². The van der Waals surface area contributed by atoms with Crippen molar-refractivity contribution in [3.63, 3.8) is 0 Å². The number of carbonyl (C=O) groups is 1. The summed E-state index contributed by atoms with van der Waals surface area (Å²) in [7, 11) is 0. The van der Waals surface area contributed by atoms with E-state index in [9.17, 15) is 4.79 Å². The number of hydrogen-bond acceptors (Lipinski definition) is 1. The lowest BCUT2D eigenvalue weighted by Crippen LogP contribution is -2.04. The summed E-state index contributed by atoms with van der Waals surface area (Å²) >= 11 is 0. The zero-order valence-electron chi connectivity index (χ0n) is 9.36. The maximum atomic E-state index is 12.2. The first kappa shape index (κ1) is 10.7. The van der Waals surface area contributed by atoms with E-state index < -0.39 is 0 Å². The van der Waals surface area contributed by atoms with Crippen LogP contribution in [0.3, 0.4) is 0 Å². The first-order valence-corrected chi connectivity index (χ1v) is 5.59. The summed E-state index contributed by atoms with van der Waals surface area (Å²) in [6.07, 6.45) is 3.82. The number of nitrogens with one attached hydrogen (secondary N) is 1. The third-order valence-electron chi connectivity index (χ3n) is 2.62. The van der Waals surface area contributed by atoms with Crippen molar-refractivity contribution in [1.29, 1.82) is 0 Å². The van der Waals surface area contributed by atoms with Crippen molar-refractivity contribution in [1.82, 2.24) is 4.98 Å². The molecule has 0 saturated carbocycles. The summed E-state index contributed by atoms with van der Waals surface area (Å²) in [6, 6.07) is 11.4. The van der Waals surface area contributed by atoms with Crippen LogP contribution in [0, 0.1) is 0 Å². The van der Waals surface area contributed by atoms with Gasteiger partial charge in [0.1, 0.15) is 0 Å². The fraction of sp³-hybridized carbons (Fsp3) is 0.214. The molecule has 0 aliphatic rings. The Balaban J connectivity index is 2.31. The molecule has 0 atom stereocenters. The van der Waals surface area contributed by atoms with Gasteiger partial charge in [-0.3, -0.25) is 4.79 Å². The lowest BCUT2D eigenvalue weighted by atomic mass is 10.0. The third-order valence-corrected chi connectivity index (χ3v) is 2.62. The lowest BCUT2D eigenvalue weighted by Gasteiger charge is -2.02. The third kappa shape index (κ3) is 2.06. The maximum absolute atomic E-state index is 12.2. The molecule has 1 heterocycles. The van der Waals surface area contributed by atoms with Crippen molar-refractivity contribution in [2.24, 2.45) is 0 Å². The minimum absolute atomic E-state index is 0.0778. The predicted molar refractivity (Wildman–Crippen MR) is 64.7 cm³/mol. The standard InChI is InChI=1S/C14H15NO/c1-2-6-11-9-10-15-13(11)14(16)12-7-4-3-5-8-12/h3-5,7-10,15H,2,6H2,1H3. The second-order valence-electron chi connectivity index (χ2n) is 3.82. The molecule has 1 aromatic heterocycles. The van der Waals surface area contributed by atoms with Crippen molar-refractivity contribution < 1.29 is 4.79 Å². The Labute approximate surface area is 95.3 Å². The number of rotatable bonds is 4. The van der Waals surface area contributed by atoms with E-state index in [2.05, 4.69) is 11.9 Å². The molecule has 0 aliphatic carbocycles. The number of hydrogen-bond donors (Lipinski definition) is 1. The molecular weight excluding hydrogens is 198 g/mol. The van der Waals surface area contributed by atoms with Gasteiger partial charge in [-0.15, -0.1) is 0 Å².